The first-order valence-corrected chi connectivity index (χ1v) is 11.5. The van der Waals surface area contributed by atoms with Crippen LogP contribution >= 0.6 is 0 Å². The van der Waals surface area contributed by atoms with Gasteiger partial charge in [0.15, 0.2) is 0 Å². The second-order valence-electron chi connectivity index (χ2n) is 7.93. The molecule has 0 atom stereocenters. The van der Waals surface area contributed by atoms with Gasteiger partial charge in [-0.2, -0.15) is 0 Å². The third-order valence-corrected chi connectivity index (χ3v) is 5.30. The summed E-state index contributed by atoms with van der Waals surface area (Å²) in [5, 5.41) is 0. The summed E-state index contributed by atoms with van der Waals surface area (Å²) in [5.74, 6) is 0.452. The molecule has 1 aromatic carbocycles. The van der Waals surface area contributed by atoms with Gasteiger partial charge >= 0.3 is 11.9 Å². The molecule has 0 heterocycles. The minimum Gasteiger partial charge on any atom is -0.466 e. The molecule has 0 amide bonds. The average molecular weight is 405 g/mol. The summed E-state index contributed by atoms with van der Waals surface area (Å²) in [6.07, 6.45) is 12.8. The molecule has 0 saturated carbocycles. The van der Waals surface area contributed by atoms with E-state index in [9.17, 15) is 9.59 Å². The molecule has 0 fully saturated rings. The Morgan fingerprint density at radius 1 is 0.759 bits per heavy atom. The summed E-state index contributed by atoms with van der Waals surface area (Å²) in [4.78, 5) is 23.6. The summed E-state index contributed by atoms with van der Waals surface area (Å²) >= 11 is 0. The highest BCUT2D eigenvalue weighted by Crippen LogP contribution is 2.21. The first kappa shape index (κ1) is 25.2. The Balaban J connectivity index is 1.94. The largest absolute Gasteiger partial charge is 0.466 e. The first-order chi connectivity index (χ1) is 14.0. The van der Waals surface area contributed by atoms with Crippen molar-refractivity contribution >= 4 is 11.9 Å². The van der Waals surface area contributed by atoms with Crippen molar-refractivity contribution < 1.29 is 19.1 Å². The average Bonchev–Trinajstić information content (AvgIpc) is 2.70. The quantitative estimate of drug-likeness (QED) is 0.172. The zero-order valence-corrected chi connectivity index (χ0v) is 18.8. The Kier molecular flexibility index (Phi) is 13.9. The molecule has 29 heavy (non-hydrogen) atoms. The van der Waals surface area contributed by atoms with Crippen molar-refractivity contribution in [3.63, 3.8) is 0 Å². The van der Waals surface area contributed by atoms with Gasteiger partial charge in [-0.15, -0.1) is 0 Å². The van der Waals surface area contributed by atoms with Gasteiger partial charge in [-0.25, -0.2) is 0 Å². The number of aryl methyl sites for hydroxylation is 1. The molecule has 1 rings (SSSR count). The molecule has 1 aromatic rings. The fourth-order valence-electron chi connectivity index (χ4n) is 3.22. The monoisotopic (exact) mass is 404 g/mol. The zero-order valence-electron chi connectivity index (χ0n) is 18.8. The van der Waals surface area contributed by atoms with Crippen LogP contribution in [0, 0.1) is 13.8 Å². The maximum Gasteiger partial charge on any atom is 0.311 e. The van der Waals surface area contributed by atoms with E-state index in [1.807, 2.05) is 32.0 Å². The third-order valence-electron chi connectivity index (χ3n) is 5.30. The van der Waals surface area contributed by atoms with Gasteiger partial charge in [-0.1, -0.05) is 70.4 Å². The van der Waals surface area contributed by atoms with Gasteiger partial charge in [-0.3, -0.25) is 9.59 Å². The topological polar surface area (TPSA) is 52.6 Å². The predicted molar refractivity (Wildman–Crippen MR) is 118 cm³/mol. The molecule has 0 aliphatic rings. The minimum absolute atomic E-state index is 0.0605. The van der Waals surface area contributed by atoms with Crippen molar-refractivity contribution in [2.75, 3.05) is 6.61 Å². The van der Waals surface area contributed by atoms with E-state index in [1.165, 1.54) is 19.3 Å². The van der Waals surface area contributed by atoms with Crippen molar-refractivity contribution in [3.8, 4) is 5.75 Å². The van der Waals surface area contributed by atoms with Crippen LogP contribution in [-0.2, 0) is 14.3 Å². The number of benzene rings is 1. The molecule has 0 spiro atoms. The number of unbranched alkanes of at least 4 members (excludes halogenated alkanes) is 9. The van der Waals surface area contributed by atoms with E-state index in [-0.39, 0.29) is 11.9 Å². The molecule has 0 unspecified atom stereocenters. The summed E-state index contributed by atoms with van der Waals surface area (Å²) < 4.78 is 10.7. The second kappa shape index (κ2) is 16.0. The normalized spacial score (nSPS) is 10.7. The fourth-order valence-corrected chi connectivity index (χ4v) is 3.22. The van der Waals surface area contributed by atoms with Crippen molar-refractivity contribution in [1.82, 2.24) is 0 Å². The van der Waals surface area contributed by atoms with Crippen molar-refractivity contribution in [2.24, 2.45) is 0 Å². The summed E-state index contributed by atoms with van der Waals surface area (Å²) in [7, 11) is 0. The van der Waals surface area contributed by atoms with Crippen LogP contribution in [0.4, 0.5) is 0 Å². The zero-order chi connectivity index (χ0) is 21.3. The number of rotatable bonds is 16. The molecule has 0 saturated heterocycles. The lowest BCUT2D eigenvalue weighted by Gasteiger charge is -2.09. The van der Waals surface area contributed by atoms with Gasteiger partial charge in [0, 0.05) is 12.8 Å². The number of esters is 2. The van der Waals surface area contributed by atoms with Crippen LogP contribution < -0.4 is 4.74 Å². The van der Waals surface area contributed by atoms with Crippen LogP contribution in [0.3, 0.4) is 0 Å². The number of carbonyl (C=O) groups excluding carboxylic acids is 2. The highest BCUT2D eigenvalue weighted by atomic mass is 16.5. The van der Waals surface area contributed by atoms with Gasteiger partial charge in [0.2, 0.25) is 0 Å². The van der Waals surface area contributed by atoms with Gasteiger partial charge < -0.3 is 9.47 Å². The molecule has 0 aliphatic heterocycles. The molecule has 0 radical (unpaired) electrons. The Morgan fingerprint density at radius 2 is 1.34 bits per heavy atom. The third kappa shape index (κ3) is 12.4. The lowest BCUT2D eigenvalue weighted by atomic mass is 10.1. The van der Waals surface area contributed by atoms with E-state index in [0.717, 1.165) is 62.5 Å². The van der Waals surface area contributed by atoms with E-state index < -0.39 is 0 Å². The smallest absolute Gasteiger partial charge is 0.311 e. The van der Waals surface area contributed by atoms with Crippen LogP contribution in [0.25, 0.3) is 0 Å². The van der Waals surface area contributed by atoms with Crippen LogP contribution in [0.15, 0.2) is 18.2 Å². The Labute approximate surface area is 177 Å². The summed E-state index contributed by atoms with van der Waals surface area (Å²) in [6.45, 7) is 6.75. The summed E-state index contributed by atoms with van der Waals surface area (Å²) in [6, 6.07) is 5.77. The molecule has 4 heteroatoms. The first-order valence-electron chi connectivity index (χ1n) is 11.5. The molecule has 4 nitrogen and oxygen atoms in total. The maximum absolute atomic E-state index is 12.0. The standard InChI is InChI=1S/C25H40O4/c1-4-5-6-11-14-20-28-24(26)18-12-9-7-8-10-13-19-25(27)29-23-17-15-16-21(2)22(23)3/h15-17H,4-14,18-20H2,1-3H3. The molecular weight excluding hydrogens is 364 g/mol. The fraction of sp³-hybridized carbons (Fsp3) is 0.680. The molecular formula is C25H40O4. The number of hydrogen-bond acceptors (Lipinski definition) is 4. The van der Waals surface area contributed by atoms with Crippen molar-refractivity contribution in [1.29, 1.82) is 0 Å². The van der Waals surface area contributed by atoms with E-state index in [2.05, 4.69) is 6.92 Å². The van der Waals surface area contributed by atoms with Crippen LogP contribution in [-0.4, -0.2) is 18.5 Å². The lowest BCUT2D eigenvalue weighted by Crippen LogP contribution is -2.08. The second-order valence-corrected chi connectivity index (χ2v) is 7.93. The Morgan fingerprint density at radius 3 is 2.03 bits per heavy atom. The minimum atomic E-state index is -0.156. The Bertz CT molecular complexity index is 594. The van der Waals surface area contributed by atoms with E-state index in [4.69, 9.17) is 9.47 Å². The predicted octanol–water partition coefficient (Wildman–Crippen LogP) is 6.84. The lowest BCUT2D eigenvalue weighted by molar-refractivity contribution is -0.144. The van der Waals surface area contributed by atoms with Gasteiger partial charge in [-0.05, 0) is 50.3 Å². The maximum atomic E-state index is 12.0. The number of hydrogen-bond donors (Lipinski definition) is 0. The van der Waals surface area contributed by atoms with Gasteiger partial charge in [0.05, 0.1) is 6.61 Å². The molecule has 0 bridgehead atoms. The van der Waals surface area contributed by atoms with E-state index >= 15 is 0 Å². The van der Waals surface area contributed by atoms with Crippen LogP contribution in [0.1, 0.15) is 102 Å². The number of ether oxygens (including phenoxy) is 2. The molecule has 0 aliphatic carbocycles. The van der Waals surface area contributed by atoms with Crippen molar-refractivity contribution in [2.45, 2.75) is 104 Å². The van der Waals surface area contributed by atoms with Crippen molar-refractivity contribution in [3.05, 3.63) is 29.3 Å². The highest BCUT2D eigenvalue weighted by Gasteiger charge is 2.08. The van der Waals surface area contributed by atoms with E-state index in [0.29, 0.717) is 25.2 Å². The SMILES string of the molecule is CCCCCCCOC(=O)CCCCCCCCC(=O)Oc1cccc(C)c1C. The van der Waals surface area contributed by atoms with Crippen LogP contribution in [0.5, 0.6) is 5.75 Å². The van der Waals surface area contributed by atoms with Crippen LogP contribution in [0.2, 0.25) is 0 Å². The number of carbonyl (C=O) groups is 2. The molecule has 0 N–H and O–H groups in total. The van der Waals surface area contributed by atoms with E-state index in [1.54, 1.807) is 0 Å². The van der Waals surface area contributed by atoms with Gasteiger partial charge in [0.25, 0.3) is 0 Å². The molecule has 0 aromatic heterocycles. The highest BCUT2D eigenvalue weighted by molar-refractivity contribution is 5.72. The summed E-state index contributed by atoms with van der Waals surface area (Å²) in [5.41, 5.74) is 2.15. The Hall–Kier alpha value is -1.84. The molecule has 164 valence electrons. The van der Waals surface area contributed by atoms with Gasteiger partial charge in [0.1, 0.15) is 5.75 Å².